The van der Waals surface area contributed by atoms with Gasteiger partial charge in [-0.25, -0.2) is 0 Å². The lowest BCUT2D eigenvalue weighted by Gasteiger charge is -2.18. The van der Waals surface area contributed by atoms with Crippen molar-refractivity contribution in [2.45, 2.75) is 26.2 Å². The third kappa shape index (κ3) is 1.54. The molecule has 1 unspecified atom stereocenters. The van der Waals surface area contributed by atoms with E-state index in [-0.39, 0.29) is 0 Å². The number of hydrogen-bond acceptors (Lipinski definition) is 0. The minimum atomic E-state index is 0.720. The van der Waals surface area contributed by atoms with Crippen molar-refractivity contribution in [3.05, 3.63) is 33.4 Å². The molecule has 0 saturated heterocycles. The van der Waals surface area contributed by atoms with Crippen molar-refractivity contribution < 1.29 is 0 Å². The lowest BCUT2D eigenvalue weighted by molar-refractivity contribution is 0.499. The van der Waals surface area contributed by atoms with E-state index in [1.165, 1.54) is 23.1 Å². The first-order valence-electron chi connectivity index (χ1n) is 5.63. The van der Waals surface area contributed by atoms with Gasteiger partial charge in [-0.2, -0.15) is 0 Å². The Hall–Kier alpha value is -0.660. The van der Waals surface area contributed by atoms with Gasteiger partial charge in [-0.05, 0) is 42.9 Å². The topological polar surface area (TPSA) is 15.8 Å². The van der Waals surface area contributed by atoms with Crippen LogP contribution in [0.2, 0.25) is 10.0 Å². The highest BCUT2D eigenvalue weighted by Gasteiger charge is 2.20. The number of aromatic amines is 1. The first kappa shape index (κ1) is 10.5. The Bertz CT molecular complexity index is 557. The van der Waals surface area contributed by atoms with Crippen LogP contribution >= 0.6 is 23.2 Å². The van der Waals surface area contributed by atoms with Gasteiger partial charge in [-0.3, -0.25) is 0 Å². The second-order valence-corrected chi connectivity index (χ2v) is 5.58. The van der Waals surface area contributed by atoms with Crippen LogP contribution in [0.3, 0.4) is 0 Å². The Morgan fingerprint density at radius 3 is 2.94 bits per heavy atom. The van der Waals surface area contributed by atoms with Crippen LogP contribution in [-0.2, 0) is 12.8 Å². The van der Waals surface area contributed by atoms with Crippen molar-refractivity contribution in [2.75, 3.05) is 0 Å². The molecule has 3 heteroatoms. The highest BCUT2D eigenvalue weighted by molar-refractivity contribution is 6.38. The molecule has 0 radical (unpaired) electrons. The number of rotatable bonds is 0. The maximum Gasteiger partial charge on any atom is 0.0662 e. The lowest BCUT2D eigenvalue weighted by Crippen LogP contribution is -2.09. The van der Waals surface area contributed by atoms with E-state index in [0.29, 0.717) is 0 Å². The maximum atomic E-state index is 6.20. The number of hydrogen-bond donors (Lipinski definition) is 1. The molecule has 2 aromatic rings. The monoisotopic (exact) mass is 253 g/mol. The van der Waals surface area contributed by atoms with Crippen LogP contribution in [0.4, 0.5) is 0 Å². The van der Waals surface area contributed by atoms with Gasteiger partial charge in [0, 0.05) is 16.1 Å². The van der Waals surface area contributed by atoms with Crippen LogP contribution in [0.25, 0.3) is 10.9 Å². The van der Waals surface area contributed by atoms with Crippen molar-refractivity contribution in [1.82, 2.24) is 4.98 Å². The fourth-order valence-corrected chi connectivity index (χ4v) is 3.16. The number of aryl methyl sites for hydroxylation is 1. The minimum absolute atomic E-state index is 0.720. The summed E-state index contributed by atoms with van der Waals surface area (Å²) in [5.41, 5.74) is 3.81. The Morgan fingerprint density at radius 1 is 1.31 bits per heavy atom. The van der Waals surface area contributed by atoms with Crippen LogP contribution < -0.4 is 0 Å². The third-order valence-corrected chi connectivity index (χ3v) is 3.98. The molecule has 1 heterocycles. The Morgan fingerprint density at radius 2 is 2.12 bits per heavy atom. The van der Waals surface area contributed by atoms with Gasteiger partial charge in [0.2, 0.25) is 0 Å². The molecule has 1 nitrogen and oxygen atoms in total. The Labute approximate surface area is 105 Å². The molecule has 1 N–H and O–H groups in total. The van der Waals surface area contributed by atoms with Crippen LogP contribution in [0.1, 0.15) is 24.6 Å². The Balaban J connectivity index is 2.30. The number of H-pyrrole nitrogens is 1. The summed E-state index contributed by atoms with van der Waals surface area (Å²) in [7, 11) is 0. The van der Waals surface area contributed by atoms with Gasteiger partial charge in [-0.15, -0.1) is 0 Å². The molecule has 0 saturated carbocycles. The number of benzene rings is 1. The zero-order valence-electron chi connectivity index (χ0n) is 9.11. The molecule has 0 spiro atoms. The summed E-state index contributed by atoms with van der Waals surface area (Å²) in [5.74, 6) is 0.754. The SMILES string of the molecule is CC1CCc2[nH]c3c(Cl)cc(Cl)cc3c2C1. The quantitative estimate of drug-likeness (QED) is 0.707. The summed E-state index contributed by atoms with van der Waals surface area (Å²) in [6.07, 6.45) is 3.51. The van der Waals surface area contributed by atoms with E-state index in [4.69, 9.17) is 23.2 Å². The second kappa shape index (κ2) is 3.68. The molecule has 1 aliphatic carbocycles. The van der Waals surface area contributed by atoms with Gasteiger partial charge < -0.3 is 4.98 Å². The molecule has 0 aliphatic heterocycles. The fourth-order valence-electron chi connectivity index (χ4n) is 2.62. The Kier molecular flexibility index (Phi) is 2.41. The molecule has 1 aromatic heterocycles. The zero-order valence-corrected chi connectivity index (χ0v) is 10.6. The molecule has 0 bridgehead atoms. The van der Waals surface area contributed by atoms with E-state index >= 15 is 0 Å². The third-order valence-electron chi connectivity index (χ3n) is 3.46. The van der Waals surface area contributed by atoms with E-state index in [1.54, 1.807) is 6.07 Å². The predicted molar refractivity (Wildman–Crippen MR) is 69.5 cm³/mol. The lowest BCUT2D eigenvalue weighted by atomic mass is 9.88. The van der Waals surface area contributed by atoms with Crippen molar-refractivity contribution in [1.29, 1.82) is 0 Å². The normalized spacial score (nSPS) is 20.1. The van der Waals surface area contributed by atoms with E-state index in [9.17, 15) is 0 Å². The summed E-state index contributed by atoms with van der Waals surface area (Å²) in [6.45, 7) is 2.30. The molecule has 3 rings (SSSR count). The summed E-state index contributed by atoms with van der Waals surface area (Å²) in [6, 6.07) is 3.83. The summed E-state index contributed by atoms with van der Waals surface area (Å²) < 4.78 is 0. The van der Waals surface area contributed by atoms with E-state index in [1.807, 2.05) is 6.07 Å². The second-order valence-electron chi connectivity index (χ2n) is 4.74. The van der Waals surface area contributed by atoms with E-state index in [2.05, 4.69) is 11.9 Å². The smallest absolute Gasteiger partial charge is 0.0662 e. The van der Waals surface area contributed by atoms with E-state index < -0.39 is 0 Å². The fraction of sp³-hybridized carbons (Fsp3) is 0.385. The number of nitrogens with one attached hydrogen (secondary N) is 1. The van der Waals surface area contributed by atoms with Gasteiger partial charge in [0.1, 0.15) is 0 Å². The summed E-state index contributed by atoms with van der Waals surface area (Å²) in [5, 5.41) is 2.65. The number of aromatic nitrogens is 1. The molecule has 0 amide bonds. The maximum absolute atomic E-state index is 6.20. The highest BCUT2D eigenvalue weighted by atomic mass is 35.5. The zero-order chi connectivity index (χ0) is 11.3. The first-order valence-corrected chi connectivity index (χ1v) is 6.39. The van der Waals surface area contributed by atoms with Crippen molar-refractivity contribution in [3.8, 4) is 0 Å². The number of fused-ring (bicyclic) bond motifs is 3. The minimum Gasteiger partial charge on any atom is -0.357 e. The largest absolute Gasteiger partial charge is 0.357 e. The highest BCUT2D eigenvalue weighted by Crippen LogP contribution is 2.36. The van der Waals surface area contributed by atoms with Gasteiger partial charge in [0.05, 0.1) is 10.5 Å². The van der Waals surface area contributed by atoms with Gasteiger partial charge in [0.25, 0.3) is 0 Å². The van der Waals surface area contributed by atoms with Crippen molar-refractivity contribution in [2.24, 2.45) is 5.92 Å². The van der Waals surface area contributed by atoms with Crippen LogP contribution in [0.15, 0.2) is 12.1 Å². The average Bonchev–Trinajstić information content (AvgIpc) is 2.57. The summed E-state index contributed by atoms with van der Waals surface area (Å²) in [4.78, 5) is 3.44. The van der Waals surface area contributed by atoms with Crippen LogP contribution in [0.5, 0.6) is 0 Å². The molecule has 16 heavy (non-hydrogen) atoms. The molecule has 0 fully saturated rings. The molecular formula is C13H13Cl2N. The molecule has 1 aromatic carbocycles. The molecule has 1 atom stereocenters. The predicted octanol–water partition coefficient (Wildman–Crippen LogP) is 4.60. The standard InChI is InChI=1S/C13H13Cl2N/c1-7-2-3-12-9(4-7)10-5-8(14)6-11(15)13(10)16-12/h5-7,16H,2-4H2,1H3. The number of halogens is 2. The van der Waals surface area contributed by atoms with Crippen molar-refractivity contribution >= 4 is 34.1 Å². The first-order chi connectivity index (χ1) is 7.65. The van der Waals surface area contributed by atoms with Crippen LogP contribution in [0, 0.1) is 5.92 Å². The average molecular weight is 254 g/mol. The molecular weight excluding hydrogens is 241 g/mol. The van der Waals surface area contributed by atoms with Gasteiger partial charge in [0.15, 0.2) is 0 Å². The van der Waals surface area contributed by atoms with Crippen molar-refractivity contribution in [3.63, 3.8) is 0 Å². The van der Waals surface area contributed by atoms with Gasteiger partial charge in [-0.1, -0.05) is 30.1 Å². The summed E-state index contributed by atoms with van der Waals surface area (Å²) >= 11 is 12.3. The molecule has 84 valence electrons. The van der Waals surface area contributed by atoms with Gasteiger partial charge >= 0.3 is 0 Å². The molecule has 1 aliphatic rings. The van der Waals surface area contributed by atoms with E-state index in [0.717, 1.165) is 34.3 Å². The van der Waals surface area contributed by atoms with Crippen LogP contribution in [-0.4, -0.2) is 4.98 Å².